The predicted molar refractivity (Wildman–Crippen MR) is 102 cm³/mol. The largest absolute Gasteiger partial charge is 0.328 e. The maximum absolute atomic E-state index is 12.5. The van der Waals surface area contributed by atoms with E-state index in [0.29, 0.717) is 0 Å². The van der Waals surface area contributed by atoms with Gasteiger partial charge in [-0.05, 0) is 64.0 Å². The van der Waals surface area contributed by atoms with Crippen molar-refractivity contribution in [2.24, 2.45) is 18.9 Å². The molecule has 0 spiro atoms. The normalized spacial score (nSPS) is 19.8. The van der Waals surface area contributed by atoms with Crippen molar-refractivity contribution in [2.75, 3.05) is 32.7 Å². The minimum absolute atomic E-state index is 0.0165. The topological polar surface area (TPSA) is 66.3 Å². The summed E-state index contributed by atoms with van der Waals surface area (Å²) in [5.41, 5.74) is 0. The maximum Gasteiger partial charge on any atom is 0.317 e. The molecule has 1 N–H and O–H groups in total. The predicted octanol–water partition coefficient (Wildman–Crippen LogP) is 2.42. The van der Waals surface area contributed by atoms with Crippen molar-refractivity contribution in [3.8, 4) is 0 Å². The van der Waals surface area contributed by atoms with Gasteiger partial charge in [0.25, 0.3) is 0 Å². The fourth-order valence-electron chi connectivity index (χ4n) is 3.86. The van der Waals surface area contributed by atoms with Gasteiger partial charge in [-0.2, -0.15) is 0 Å². The third-order valence-electron chi connectivity index (χ3n) is 5.89. The Morgan fingerprint density at radius 3 is 2.62 bits per heavy atom. The van der Waals surface area contributed by atoms with Gasteiger partial charge in [0.15, 0.2) is 5.82 Å². The Morgan fingerprint density at radius 2 is 2.04 bits per heavy atom. The van der Waals surface area contributed by atoms with Gasteiger partial charge in [0.2, 0.25) is 0 Å². The lowest BCUT2D eigenvalue weighted by Gasteiger charge is -2.33. The molecule has 3 rings (SSSR count). The van der Waals surface area contributed by atoms with E-state index in [4.69, 9.17) is 0 Å². The Balaban J connectivity index is 1.37. The number of hydrogen-bond donors (Lipinski definition) is 1. The molecule has 7 heteroatoms. The van der Waals surface area contributed by atoms with E-state index in [0.717, 1.165) is 50.1 Å². The molecule has 0 bridgehead atoms. The third kappa shape index (κ3) is 5.19. The summed E-state index contributed by atoms with van der Waals surface area (Å²) in [6.07, 6.45) is 8.02. The number of aromatic nitrogens is 3. The molecule has 1 aromatic rings. The first-order chi connectivity index (χ1) is 12.6. The van der Waals surface area contributed by atoms with Gasteiger partial charge in [-0.25, -0.2) is 4.79 Å². The highest BCUT2D eigenvalue weighted by Crippen LogP contribution is 2.30. The van der Waals surface area contributed by atoms with Crippen LogP contribution in [0.5, 0.6) is 0 Å². The number of aryl methyl sites for hydroxylation is 1. The molecule has 146 valence electrons. The second-order valence-corrected chi connectivity index (χ2v) is 8.03. The molecule has 1 atom stereocenters. The summed E-state index contributed by atoms with van der Waals surface area (Å²) >= 11 is 0. The number of likely N-dealkylation sites (tertiary alicyclic amines) is 1. The molecule has 1 aliphatic heterocycles. The molecule has 0 aromatic carbocycles. The molecule has 2 amide bonds. The van der Waals surface area contributed by atoms with Crippen LogP contribution < -0.4 is 5.32 Å². The minimum Gasteiger partial charge on any atom is -0.328 e. The smallest absolute Gasteiger partial charge is 0.317 e. The molecule has 7 nitrogen and oxygen atoms in total. The Hall–Kier alpha value is -1.63. The third-order valence-corrected chi connectivity index (χ3v) is 5.89. The van der Waals surface area contributed by atoms with Gasteiger partial charge >= 0.3 is 6.03 Å². The Kier molecular flexibility index (Phi) is 6.51. The number of urea groups is 1. The van der Waals surface area contributed by atoms with Gasteiger partial charge in [0.05, 0.1) is 6.04 Å². The fourth-order valence-corrected chi connectivity index (χ4v) is 3.86. The van der Waals surface area contributed by atoms with E-state index in [1.54, 1.807) is 6.33 Å². The van der Waals surface area contributed by atoms with Crippen LogP contribution in [0.2, 0.25) is 0 Å². The lowest BCUT2D eigenvalue weighted by atomic mass is 9.93. The van der Waals surface area contributed by atoms with Crippen molar-refractivity contribution < 1.29 is 4.79 Å². The quantitative estimate of drug-likeness (QED) is 0.771. The summed E-state index contributed by atoms with van der Waals surface area (Å²) in [6.45, 7) is 9.61. The van der Waals surface area contributed by atoms with Gasteiger partial charge in [-0.3, -0.25) is 0 Å². The summed E-state index contributed by atoms with van der Waals surface area (Å²) in [7, 11) is 1.90. The average molecular weight is 363 g/mol. The summed E-state index contributed by atoms with van der Waals surface area (Å²) in [4.78, 5) is 17.1. The molecule has 2 aliphatic rings. The van der Waals surface area contributed by atoms with Crippen molar-refractivity contribution in [2.45, 2.75) is 52.0 Å². The number of nitrogens with zero attached hydrogens (tertiary/aromatic N) is 5. The van der Waals surface area contributed by atoms with E-state index in [1.165, 1.54) is 32.4 Å². The Morgan fingerprint density at radius 1 is 1.31 bits per heavy atom. The first kappa shape index (κ1) is 19.1. The molecule has 1 aromatic heterocycles. The van der Waals surface area contributed by atoms with Crippen molar-refractivity contribution in [1.29, 1.82) is 0 Å². The van der Waals surface area contributed by atoms with Gasteiger partial charge in [0, 0.05) is 26.7 Å². The van der Waals surface area contributed by atoms with Crippen LogP contribution in [0, 0.1) is 11.8 Å². The van der Waals surface area contributed by atoms with Crippen molar-refractivity contribution in [3.63, 3.8) is 0 Å². The first-order valence-electron chi connectivity index (χ1n) is 10.2. The van der Waals surface area contributed by atoms with E-state index >= 15 is 0 Å². The molecule has 1 unspecified atom stereocenters. The lowest BCUT2D eigenvalue weighted by Crippen LogP contribution is -2.45. The maximum atomic E-state index is 12.5. The fraction of sp³-hybridized carbons (Fsp3) is 0.842. The molecule has 2 heterocycles. The standard InChI is InChI=1S/C19H34N6O/c1-4-24(13-17-5-6-17)10-7-16-8-11-25(12-9-16)19(26)21-15(2)18-22-20-14-23(18)3/h14-17H,4-13H2,1-3H3,(H,21,26). The minimum atomic E-state index is -0.131. The van der Waals surface area contributed by atoms with Crippen LogP contribution in [0.4, 0.5) is 4.79 Å². The van der Waals surface area contributed by atoms with Gasteiger partial charge in [-0.1, -0.05) is 6.92 Å². The number of piperidine rings is 1. The highest BCUT2D eigenvalue weighted by molar-refractivity contribution is 5.74. The van der Waals surface area contributed by atoms with Crippen LogP contribution in [-0.4, -0.2) is 63.3 Å². The molecule has 2 fully saturated rings. The number of hydrogen-bond acceptors (Lipinski definition) is 4. The van der Waals surface area contributed by atoms with Crippen LogP contribution in [0.3, 0.4) is 0 Å². The molecular formula is C19H34N6O. The van der Waals surface area contributed by atoms with Crippen LogP contribution in [0.25, 0.3) is 0 Å². The van der Waals surface area contributed by atoms with Crippen LogP contribution in [0.15, 0.2) is 6.33 Å². The summed E-state index contributed by atoms with van der Waals surface area (Å²) in [5.74, 6) is 2.50. The van der Waals surface area contributed by atoms with E-state index in [9.17, 15) is 4.79 Å². The second kappa shape index (κ2) is 8.84. The zero-order valence-corrected chi connectivity index (χ0v) is 16.5. The Bertz CT molecular complexity index is 576. The number of carbonyl (C=O) groups excluding carboxylic acids is 1. The summed E-state index contributed by atoms with van der Waals surface area (Å²) in [5, 5.41) is 11.0. The Labute approximate surface area is 157 Å². The number of carbonyl (C=O) groups is 1. The van der Waals surface area contributed by atoms with Gasteiger partial charge in [-0.15, -0.1) is 10.2 Å². The molecule has 1 saturated heterocycles. The highest BCUT2D eigenvalue weighted by Gasteiger charge is 2.26. The zero-order chi connectivity index (χ0) is 18.5. The summed E-state index contributed by atoms with van der Waals surface area (Å²) in [6, 6.07) is -0.115. The SMILES string of the molecule is CCN(CCC1CCN(C(=O)NC(C)c2nncn2C)CC1)CC1CC1. The lowest BCUT2D eigenvalue weighted by molar-refractivity contribution is 0.157. The van der Waals surface area contributed by atoms with Crippen molar-refractivity contribution >= 4 is 6.03 Å². The van der Waals surface area contributed by atoms with Crippen LogP contribution in [-0.2, 0) is 7.05 Å². The number of nitrogens with one attached hydrogen (secondary N) is 1. The molecule has 0 radical (unpaired) electrons. The van der Waals surface area contributed by atoms with E-state index < -0.39 is 0 Å². The van der Waals surface area contributed by atoms with Crippen molar-refractivity contribution in [1.82, 2.24) is 29.9 Å². The number of amides is 2. The summed E-state index contributed by atoms with van der Waals surface area (Å²) < 4.78 is 1.85. The van der Waals surface area contributed by atoms with Crippen LogP contribution in [0.1, 0.15) is 57.8 Å². The van der Waals surface area contributed by atoms with Crippen molar-refractivity contribution in [3.05, 3.63) is 12.2 Å². The first-order valence-corrected chi connectivity index (χ1v) is 10.2. The van der Waals surface area contributed by atoms with E-state index in [2.05, 4.69) is 27.3 Å². The van der Waals surface area contributed by atoms with Crippen LogP contribution >= 0.6 is 0 Å². The van der Waals surface area contributed by atoms with E-state index in [-0.39, 0.29) is 12.1 Å². The number of rotatable bonds is 8. The molecule has 1 saturated carbocycles. The second-order valence-electron chi connectivity index (χ2n) is 8.03. The average Bonchev–Trinajstić information content (AvgIpc) is 3.36. The zero-order valence-electron chi connectivity index (χ0n) is 16.5. The highest BCUT2D eigenvalue weighted by atomic mass is 16.2. The van der Waals surface area contributed by atoms with Gasteiger partial charge < -0.3 is 19.7 Å². The monoisotopic (exact) mass is 362 g/mol. The van der Waals surface area contributed by atoms with Gasteiger partial charge in [0.1, 0.15) is 6.33 Å². The molecule has 1 aliphatic carbocycles. The molecule has 26 heavy (non-hydrogen) atoms. The van der Waals surface area contributed by atoms with E-state index in [1.807, 2.05) is 23.4 Å². The molecular weight excluding hydrogens is 328 g/mol.